The van der Waals surface area contributed by atoms with Crippen LogP contribution in [0.2, 0.25) is 0 Å². The van der Waals surface area contributed by atoms with Crippen molar-refractivity contribution in [2.75, 3.05) is 7.05 Å². The Morgan fingerprint density at radius 1 is 0.941 bits per heavy atom. The van der Waals surface area contributed by atoms with Gasteiger partial charge in [-0.15, -0.1) is 0 Å². The standard InChI is InChI=1S/C16H27N/c1-17-16(4-5-16)3-2-15-13-7-11-6-12(9-13)10-14(15)8-11/h11-15,17H,2-10H2,1H3. The highest BCUT2D eigenvalue weighted by atomic mass is 15.0. The van der Waals surface area contributed by atoms with Crippen molar-refractivity contribution in [2.24, 2.45) is 29.6 Å². The molecule has 4 bridgehead atoms. The van der Waals surface area contributed by atoms with Gasteiger partial charge in [0.2, 0.25) is 0 Å². The highest BCUT2D eigenvalue weighted by Crippen LogP contribution is 2.58. The largest absolute Gasteiger partial charge is 0.314 e. The van der Waals surface area contributed by atoms with Crippen molar-refractivity contribution in [1.82, 2.24) is 5.32 Å². The predicted octanol–water partition coefficient (Wildman–Crippen LogP) is 3.59. The first kappa shape index (κ1) is 10.8. The van der Waals surface area contributed by atoms with Crippen LogP contribution < -0.4 is 5.32 Å². The van der Waals surface area contributed by atoms with Gasteiger partial charge in [0.25, 0.3) is 0 Å². The van der Waals surface area contributed by atoms with Crippen molar-refractivity contribution in [3.8, 4) is 0 Å². The fourth-order valence-electron chi connectivity index (χ4n) is 5.73. The average Bonchev–Trinajstić information content (AvgIpc) is 3.08. The molecule has 0 aromatic rings. The minimum Gasteiger partial charge on any atom is -0.314 e. The minimum absolute atomic E-state index is 0.592. The van der Waals surface area contributed by atoms with E-state index in [1.807, 2.05) is 0 Å². The normalized spacial score (nSPS) is 49.6. The molecule has 5 aliphatic carbocycles. The van der Waals surface area contributed by atoms with E-state index in [-0.39, 0.29) is 0 Å². The van der Waals surface area contributed by atoms with E-state index in [9.17, 15) is 0 Å². The summed E-state index contributed by atoms with van der Waals surface area (Å²) < 4.78 is 0. The van der Waals surface area contributed by atoms with Crippen LogP contribution in [0.3, 0.4) is 0 Å². The van der Waals surface area contributed by atoms with E-state index >= 15 is 0 Å². The number of hydrogen-bond donors (Lipinski definition) is 1. The summed E-state index contributed by atoms with van der Waals surface area (Å²) >= 11 is 0. The highest BCUT2D eigenvalue weighted by Gasteiger charge is 2.49. The van der Waals surface area contributed by atoms with E-state index in [2.05, 4.69) is 12.4 Å². The van der Waals surface area contributed by atoms with Crippen molar-refractivity contribution < 1.29 is 0 Å². The summed E-state index contributed by atoms with van der Waals surface area (Å²) in [6, 6.07) is 0. The van der Waals surface area contributed by atoms with Gasteiger partial charge in [-0.3, -0.25) is 0 Å². The van der Waals surface area contributed by atoms with Gasteiger partial charge in [-0.1, -0.05) is 0 Å². The van der Waals surface area contributed by atoms with E-state index in [1.54, 1.807) is 32.1 Å². The maximum absolute atomic E-state index is 3.58. The Kier molecular flexibility index (Phi) is 2.38. The van der Waals surface area contributed by atoms with Crippen LogP contribution in [0.4, 0.5) is 0 Å². The molecule has 0 atom stereocenters. The van der Waals surface area contributed by atoms with Gasteiger partial charge in [-0.05, 0) is 94.4 Å². The van der Waals surface area contributed by atoms with Crippen LogP contribution in [0.15, 0.2) is 0 Å². The molecule has 0 aromatic heterocycles. The molecule has 0 aliphatic heterocycles. The molecule has 5 rings (SSSR count). The van der Waals surface area contributed by atoms with E-state index in [0.29, 0.717) is 5.54 Å². The van der Waals surface area contributed by atoms with E-state index in [4.69, 9.17) is 0 Å². The Balaban J connectivity index is 1.41. The van der Waals surface area contributed by atoms with E-state index in [1.165, 1.54) is 25.7 Å². The van der Waals surface area contributed by atoms with Gasteiger partial charge in [0, 0.05) is 5.54 Å². The molecule has 5 fully saturated rings. The van der Waals surface area contributed by atoms with Crippen LogP contribution in [-0.2, 0) is 0 Å². The molecule has 1 N–H and O–H groups in total. The van der Waals surface area contributed by atoms with Crippen LogP contribution in [0.1, 0.15) is 57.8 Å². The molecule has 5 saturated carbocycles. The lowest BCUT2D eigenvalue weighted by atomic mass is 9.51. The summed E-state index contributed by atoms with van der Waals surface area (Å²) in [5.41, 5.74) is 0.592. The summed E-state index contributed by atoms with van der Waals surface area (Å²) in [6.45, 7) is 0. The van der Waals surface area contributed by atoms with Crippen LogP contribution in [0, 0.1) is 29.6 Å². The van der Waals surface area contributed by atoms with Gasteiger partial charge in [-0.2, -0.15) is 0 Å². The molecule has 0 heterocycles. The van der Waals surface area contributed by atoms with E-state index in [0.717, 1.165) is 29.6 Å². The first-order chi connectivity index (χ1) is 8.28. The Bertz CT molecular complexity index is 277. The molecule has 0 amide bonds. The third kappa shape index (κ3) is 1.77. The molecule has 0 aromatic carbocycles. The number of nitrogens with one attached hydrogen (secondary N) is 1. The molecule has 5 aliphatic rings. The Morgan fingerprint density at radius 3 is 2.00 bits per heavy atom. The summed E-state index contributed by atoms with van der Waals surface area (Å²) in [7, 11) is 2.17. The second kappa shape index (κ2) is 3.73. The highest BCUT2D eigenvalue weighted by molar-refractivity contribution is 5.03. The van der Waals surface area contributed by atoms with Crippen molar-refractivity contribution >= 4 is 0 Å². The quantitative estimate of drug-likeness (QED) is 0.782. The van der Waals surface area contributed by atoms with Gasteiger partial charge in [0.05, 0.1) is 0 Å². The minimum atomic E-state index is 0.592. The zero-order chi connectivity index (χ0) is 11.5. The maximum atomic E-state index is 3.58. The van der Waals surface area contributed by atoms with Crippen molar-refractivity contribution in [1.29, 1.82) is 0 Å². The Labute approximate surface area is 106 Å². The molecule has 0 spiro atoms. The van der Waals surface area contributed by atoms with Gasteiger partial charge in [0.15, 0.2) is 0 Å². The molecule has 0 saturated heterocycles. The summed E-state index contributed by atoms with van der Waals surface area (Å²) in [5, 5.41) is 3.58. The molecule has 0 unspecified atom stereocenters. The van der Waals surface area contributed by atoms with Crippen LogP contribution in [-0.4, -0.2) is 12.6 Å². The number of rotatable bonds is 4. The third-order valence-corrected chi connectivity index (χ3v) is 6.76. The zero-order valence-electron chi connectivity index (χ0n) is 11.3. The van der Waals surface area contributed by atoms with Crippen LogP contribution >= 0.6 is 0 Å². The van der Waals surface area contributed by atoms with Crippen molar-refractivity contribution in [2.45, 2.75) is 63.3 Å². The lowest BCUT2D eigenvalue weighted by molar-refractivity contribution is -0.0413. The Hall–Kier alpha value is -0.0400. The SMILES string of the molecule is CNC1(CCC2C3CC4CC(C3)CC2C4)CC1. The topological polar surface area (TPSA) is 12.0 Å². The fourth-order valence-corrected chi connectivity index (χ4v) is 5.73. The fraction of sp³-hybridized carbons (Fsp3) is 1.00. The summed E-state index contributed by atoms with van der Waals surface area (Å²) in [6.07, 6.45) is 13.9. The first-order valence-electron chi connectivity index (χ1n) is 7.97. The predicted molar refractivity (Wildman–Crippen MR) is 70.8 cm³/mol. The monoisotopic (exact) mass is 233 g/mol. The second-order valence-electron chi connectivity index (χ2n) is 7.66. The molecule has 96 valence electrons. The van der Waals surface area contributed by atoms with Gasteiger partial charge < -0.3 is 5.32 Å². The molecular weight excluding hydrogens is 206 g/mol. The van der Waals surface area contributed by atoms with Gasteiger partial charge in [-0.25, -0.2) is 0 Å². The Morgan fingerprint density at radius 2 is 1.53 bits per heavy atom. The summed E-state index contributed by atoms with van der Waals surface area (Å²) in [5.74, 6) is 5.69. The van der Waals surface area contributed by atoms with Gasteiger partial charge in [0.1, 0.15) is 0 Å². The first-order valence-corrected chi connectivity index (χ1v) is 7.97. The average molecular weight is 233 g/mol. The maximum Gasteiger partial charge on any atom is 0.0180 e. The number of hydrogen-bond acceptors (Lipinski definition) is 1. The third-order valence-electron chi connectivity index (χ3n) is 6.76. The zero-order valence-corrected chi connectivity index (χ0v) is 11.3. The molecule has 1 nitrogen and oxygen atoms in total. The van der Waals surface area contributed by atoms with Crippen molar-refractivity contribution in [3.63, 3.8) is 0 Å². The van der Waals surface area contributed by atoms with E-state index < -0.39 is 0 Å². The molecule has 17 heavy (non-hydrogen) atoms. The van der Waals surface area contributed by atoms with Gasteiger partial charge >= 0.3 is 0 Å². The summed E-state index contributed by atoms with van der Waals surface area (Å²) in [4.78, 5) is 0. The lowest BCUT2D eigenvalue weighted by Crippen LogP contribution is -2.45. The van der Waals surface area contributed by atoms with Crippen LogP contribution in [0.5, 0.6) is 0 Å². The molecule has 0 radical (unpaired) electrons. The molecule has 1 heteroatoms. The van der Waals surface area contributed by atoms with Crippen molar-refractivity contribution in [3.05, 3.63) is 0 Å². The smallest absolute Gasteiger partial charge is 0.0180 e. The second-order valence-corrected chi connectivity index (χ2v) is 7.66. The lowest BCUT2D eigenvalue weighted by Gasteiger charge is -2.54. The molecular formula is C16H27N. The van der Waals surface area contributed by atoms with Crippen LogP contribution in [0.25, 0.3) is 0 Å².